The zero-order valence-electron chi connectivity index (χ0n) is 21.7. The summed E-state index contributed by atoms with van der Waals surface area (Å²) in [6.07, 6.45) is 5.00. The maximum absolute atomic E-state index is 14.1. The number of nitrogens with zero attached hydrogens (tertiary/aromatic N) is 5. The second-order valence-corrected chi connectivity index (χ2v) is 10.2. The molecule has 2 aromatic carbocycles. The number of hydrogen-bond acceptors (Lipinski definition) is 4. The number of methoxy groups -OCH3 is 1. The Morgan fingerprint density at radius 2 is 1.92 bits per heavy atom. The number of ether oxygens (including phenoxy) is 1. The number of aryl methyl sites for hydroxylation is 2. The van der Waals surface area contributed by atoms with E-state index in [4.69, 9.17) is 4.74 Å². The van der Waals surface area contributed by atoms with Gasteiger partial charge < -0.3 is 14.2 Å². The van der Waals surface area contributed by atoms with Crippen molar-refractivity contribution in [2.45, 2.75) is 44.4 Å². The molecule has 1 amide bonds. The Balaban J connectivity index is 1.47. The summed E-state index contributed by atoms with van der Waals surface area (Å²) in [7, 11) is 3.10. The molecule has 0 spiro atoms. The van der Waals surface area contributed by atoms with Crippen LogP contribution in [0.5, 0.6) is 5.75 Å². The van der Waals surface area contributed by atoms with Gasteiger partial charge in [0.15, 0.2) is 5.69 Å². The summed E-state index contributed by atoms with van der Waals surface area (Å²) in [4.78, 5) is 20.1. The third-order valence-corrected chi connectivity index (χ3v) is 7.73. The lowest BCUT2D eigenvalue weighted by molar-refractivity contribution is -0.140. The summed E-state index contributed by atoms with van der Waals surface area (Å²) >= 11 is 0. The van der Waals surface area contributed by atoms with E-state index >= 15 is 0 Å². The molecule has 1 unspecified atom stereocenters. The van der Waals surface area contributed by atoms with Gasteiger partial charge in [-0.15, -0.1) is 0 Å². The molecular weight excluding hydrogens is 507 g/mol. The normalized spacial score (nSPS) is 17.2. The van der Waals surface area contributed by atoms with Gasteiger partial charge in [-0.05, 0) is 77.8 Å². The maximum atomic E-state index is 14.1. The predicted molar refractivity (Wildman–Crippen MR) is 138 cm³/mol. The number of carbonyl (C=O) groups excluding carboxylic acids is 1. The highest BCUT2D eigenvalue weighted by Crippen LogP contribution is 2.43. The van der Waals surface area contributed by atoms with E-state index in [9.17, 15) is 18.0 Å². The van der Waals surface area contributed by atoms with E-state index in [0.717, 1.165) is 36.1 Å². The fraction of sp³-hybridized carbons (Fsp3) is 0.345. The van der Waals surface area contributed by atoms with Crippen LogP contribution in [0.4, 0.5) is 13.2 Å². The molecule has 1 aliphatic heterocycles. The molecule has 0 saturated carbocycles. The van der Waals surface area contributed by atoms with Crippen LogP contribution in [-0.2, 0) is 32.6 Å². The molecule has 2 aromatic heterocycles. The lowest BCUT2D eigenvalue weighted by Gasteiger charge is -2.39. The van der Waals surface area contributed by atoms with Gasteiger partial charge in [0.05, 0.1) is 19.5 Å². The van der Waals surface area contributed by atoms with Gasteiger partial charge in [0, 0.05) is 49.9 Å². The predicted octanol–water partition coefficient (Wildman–Crippen LogP) is 5.44. The van der Waals surface area contributed by atoms with Crippen molar-refractivity contribution in [2.75, 3.05) is 13.7 Å². The van der Waals surface area contributed by atoms with E-state index in [-0.39, 0.29) is 17.5 Å². The molecule has 0 N–H and O–H groups in total. The number of hydrogen-bond donors (Lipinski definition) is 0. The minimum absolute atomic E-state index is 0.0114. The summed E-state index contributed by atoms with van der Waals surface area (Å²) in [6.45, 7) is 0.793. The minimum atomic E-state index is -4.63. The van der Waals surface area contributed by atoms with Crippen LogP contribution < -0.4 is 4.74 Å². The fourth-order valence-corrected chi connectivity index (χ4v) is 6.00. The molecule has 6 rings (SSSR count). The second kappa shape index (κ2) is 9.59. The van der Waals surface area contributed by atoms with Crippen LogP contribution in [0.15, 0.2) is 55.2 Å². The quantitative estimate of drug-likeness (QED) is 0.342. The first-order chi connectivity index (χ1) is 18.7. The van der Waals surface area contributed by atoms with Gasteiger partial charge >= 0.3 is 6.18 Å². The van der Waals surface area contributed by atoms with Gasteiger partial charge in [-0.2, -0.15) is 18.3 Å². The van der Waals surface area contributed by atoms with E-state index < -0.39 is 11.9 Å². The number of alkyl halides is 3. The molecule has 0 bridgehead atoms. The number of halogens is 3. The molecule has 0 radical (unpaired) electrons. The van der Waals surface area contributed by atoms with Crippen molar-refractivity contribution in [1.29, 1.82) is 0 Å². The van der Waals surface area contributed by atoms with E-state index in [1.165, 1.54) is 23.5 Å². The fourth-order valence-electron chi connectivity index (χ4n) is 6.00. The molecule has 3 heterocycles. The molecular formula is C29H28F3N5O2. The standard InChI is InChI=1S/C29H28F3N5O2/c1-35-16-25(27(34-35)29(30,31)32)23-12-18(15-36-11-9-33-17-36)13-24-21(23)8-10-37(28(24)38)26-5-3-4-19-6-7-20(39-2)14-22(19)26/h6-7,9,11-14,16-17,26H,3-5,8,10,15H2,1-2H3. The first kappa shape index (κ1) is 25.2. The largest absolute Gasteiger partial charge is 0.497 e. The van der Waals surface area contributed by atoms with E-state index in [2.05, 4.69) is 16.1 Å². The number of carbonyl (C=O) groups is 1. The molecule has 202 valence electrons. The lowest BCUT2D eigenvalue weighted by Crippen LogP contribution is -2.41. The summed E-state index contributed by atoms with van der Waals surface area (Å²) in [5, 5.41) is 3.73. The minimum Gasteiger partial charge on any atom is -0.497 e. The Hall–Kier alpha value is -4.08. The van der Waals surface area contributed by atoms with Crippen LogP contribution in [-0.4, -0.2) is 43.8 Å². The molecule has 39 heavy (non-hydrogen) atoms. The van der Waals surface area contributed by atoms with Gasteiger partial charge in [0.2, 0.25) is 0 Å². The molecule has 10 heteroatoms. The molecule has 0 saturated heterocycles. The molecule has 4 aromatic rings. The smallest absolute Gasteiger partial charge is 0.435 e. The van der Waals surface area contributed by atoms with Gasteiger partial charge in [-0.3, -0.25) is 9.48 Å². The Morgan fingerprint density at radius 3 is 2.67 bits per heavy atom. The number of aromatic nitrogens is 4. The topological polar surface area (TPSA) is 65.2 Å². The number of rotatable bonds is 5. The van der Waals surface area contributed by atoms with Gasteiger partial charge in [-0.1, -0.05) is 6.07 Å². The van der Waals surface area contributed by atoms with Crippen LogP contribution in [0.25, 0.3) is 11.1 Å². The highest BCUT2D eigenvalue weighted by atomic mass is 19.4. The molecule has 1 atom stereocenters. The Labute approximate surface area is 223 Å². The van der Waals surface area contributed by atoms with Crippen molar-refractivity contribution in [3.8, 4) is 16.9 Å². The van der Waals surface area contributed by atoms with E-state index in [1.807, 2.05) is 27.7 Å². The van der Waals surface area contributed by atoms with Gasteiger partial charge in [-0.25, -0.2) is 4.98 Å². The van der Waals surface area contributed by atoms with Gasteiger partial charge in [0.1, 0.15) is 5.75 Å². The van der Waals surface area contributed by atoms with E-state index in [1.54, 1.807) is 31.9 Å². The van der Waals surface area contributed by atoms with Crippen LogP contribution in [0.1, 0.15) is 57.2 Å². The molecule has 7 nitrogen and oxygen atoms in total. The number of imidazole rings is 1. The average molecular weight is 536 g/mol. The Morgan fingerprint density at radius 1 is 1.10 bits per heavy atom. The third kappa shape index (κ3) is 4.57. The van der Waals surface area contributed by atoms with Crippen LogP contribution in [0.2, 0.25) is 0 Å². The molecule has 1 aliphatic carbocycles. The Bertz CT molecular complexity index is 1540. The SMILES string of the molecule is COc1ccc2c(c1)C(N1CCc3c(cc(Cn4ccnc4)cc3-c3cn(C)nc3C(F)(F)F)C1=O)CCC2. The van der Waals surface area contributed by atoms with Crippen molar-refractivity contribution in [2.24, 2.45) is 7.05 Å². The van der Waals surface area contributed by atoms with E-state index in [0.29, 0.717) is 36.2 Å². The summed E-state index contributed by atoms with van der Waals surface area (Å²) in [5.74, 6) is 0.578. The number of amides is 1. The zero-order chi connectivity index (χ0) is 27.3. The first-order valence-corrected chi connectivity index (χ1v) is 12.9. The van der Waals surface area contributed by atoms with Crippen LogP contribution in [0, 0.1) is 0 Å². The van der Waals surface area contributed by atoms with Crippen molar-refractivity contribution in [1.82, 2.24) is 24.2 Å². The summed E-state index contributed by atoms with van der Waals surface area (Å²) in [5.41, 5.74) is 3.52. The highest BCUT2D eigenvalue weighted by molar-refractivity contribution is 5.99. The second-order valence-electron chi connectivity index (χ2n) is 10.2. The lowest BCUT2D eigenvalue weighted by atomic mass is 9.83. The summed E-state index contributed by atoms with van der Waals surface area (Å²) < 4.78 is 50.5. The third-order valence-electron chi connectivity index (χ3n) is 7.73. The van der Waals surface area contributed by atoms with Crippen LogP contribution >= 0.6 is 0 Å². The number of fused-ring (bicyclic) bond motifs is 2. The average Bonchev–Trinajstić information content (AvgIpc) is 3.58. The van der Waals surface area contributed by atoms with Crippen molar-refractivity contribution >= 4 is 5.91 Å². The van der Waals surface area contributed by atoms with Crippen molar-refractivity contribution in [3.63, 3.8) is 0 Å². The monoisotopic (exact) mass is 535 g/mol. The molecule has 2 aliphatic rings. The van der Waals surface area contributed by atoms with Gasteiger partial charge in [0.25, 0.3) is 5.91 Å². The molecule has 0 fully saturated rings. The Kier molecular flexibility index (Phi) is 6.20. The number of benzene rings is 2. The summed E-state index contributed by atoms with van der Waals surface area (Å²) in [6, 6.07) is 9.48. The van der Waals surface area contributed by atoms with Crippen molar-refractivity contribution < 1.29 is 22.7 Å². The maximum Gasteiger partial charge on any atom is 0.435 e. The first-order valence-electron chi connectivity index (χ1n) is 12.9. The zero-order valence-corrected chi connectivity index (χ0v) is 21.7. The highest BCUT2D eigenvalue weighted by Gasteiger charge is 2.40. The van der Waals surface area contributed by atoms with Crippen molar-refractivity contribution in [3.05, 3.63) is 88.8 Å². The van der Waals surface area contributed by atoms with Crippen LogP contribution in [0.3, 0.4) is 0 Å².